The summed E-state index contributed by atoms with van der Waals surface area (Å²) in [5.74, 6) is 1.70. The predicted molar refractivity (Wildman–Crippen MR) is 66.7 cm³/mol. The van der Waals surface area contributed by atoms with Crippen molar-refractivity contribution in [2.24, 2.45) is 5.92 Å². The predicted octanol–water partition coefficient (Wildman–Crippen LogP) is 1.51. The molecule has 2 rings (SSSR count). The van der Waals surface area contributed by atoms with Crippen molar-refractivity contribution in [1.29, 1.82) is 0 Å². The third kappa shape index (κ3) is 3.75. The zero-order valence-electron chi connectivity index (χ0n) is 10.7. The van der Waals surface area contributed by atoms with E-state index in [0.29, 0.717) is 6.61 Å². The van der Waals surface area contributed by atoms with Crippen LogP contribution < -0.4 is 0 Å². The van der Waals surface area contributed by atoms with E-state index in [-0.39, 0.29) is 0 Å². The van der Waals surface area contributed by atoms with Gasteiger partial charge in [-0.05, 0) is 18.9 Å². The number of likely N-dealkylation sites (tertiary alicyclic amines) is 1. The van der Waals surface area contributed by atoms with Crippen LogP contribution in [0.3, 0.4) is 0 Å². The average molecular weight is 235 g/mol. The third-order valence-electron chi connectivity index (χ3n) is 3.20. The van der Waals surface area contributed by atoms with E-state index in [0.717, 1.165) is 24.7 Å². The highest BCUT2D eigenvalue weighted by molar-refractivity contribution is 5.05. The fourth-order valence-corrected chi connectivity index (χ4v) is 2.21. The lowest BCUT2D eigenvalue weighted by Gasteiger charge is -2.14. The molecule has 1 fully saturated rings. The van der Waals surface area contributed by atoms with Crippen LogP contribution in [0.5, 0.6) is 0 Å². The molecule has 4 nitrogen and oxygen atoms in total. The standard InChI is InChI=1S/C13H21N3O/c1-11-3-5-16(9-11)10-12-7-14-13(15-8-12)4-6-17-2/h7-8,11H,3-6,9-10H2,1-2H3. The zero-order valence-corrected chi connectivity index (χ0v) is 10.7. The number of rotatable bonds is 5. The number of hydrogen-bond donors (Lipinski definition) is 0. The summed E-state index contributed by atoms with van der Waals surface area (Å²) >= 11 is 0. The number of nitrogens with zero attached hydrogens (tertiary/aromatic N) is 3. The highest BCUT2D eigenvalue weighted by Crippen LogP contribution is 2.17. The van der Waals surface area contributed by atoms with E-state index in [1.165, 1.54) is 25.1 Å². The summed E-state index contributed by atoms with van der Waals surface area (Å²) in [7, 11) is 1.70. The van der Waals surface area contributed by atoms with Gasteiger partial charge in [-0.1, -0.05) is 6.92 Å². The topological polar surface area (TPSA) is 38.2 Å². The molecule has 1 aromatic rings. The maximum absolute atomic E-state index is 5.01. The summed E-state index contributed by atoms with van der Waals surface area (Å²) in [6, 6.07) is 0. The molecule has 2 heterocycles. The average Bonchev–Trinajstić information content (AvgIpc) is 2.74. The lowest BCUT2D eigenvalue weighted by Crippen LogP contribution is -2.20. The van der Waals surface area contributed by atoms with Gasteiger partial charge in [0.15, 0.2) is 0 Å². The molecule has 94 valence electrons. The maximum Gasteiger partial charge on any atom is 0.130 e. The van der Waals surface area contributed by atoms with Gasteiger partial charge >= 0.3 is 0 Å². The van der Waals surface area contributed by atoms with Crippen LogP contribution in [0, 0.1) is 5.92 Å². The van der Waals surface area contributed by atoms with E-state index in [1.54, 1.807) is 7.11 Å². The summed E-state index contributed by atoms with van der Waals surface area (Å²) in [4.78, 5) is 11.2. The molecule has 0 aliphatic carbocycles. The van der Waals surface area contributed by atoms with E-state index in [2.05, 4.69) is 21.8 Å². The fourth-order valence-electron chi connectivity index (χ4n) is 2.21. The highest BCUT2D eigenvalue weighted by Gasteiger charge is 2.18. The van der Waals surface area contributed by atoms with Crippen LogP contribution in [-0.2, 0) is 17.7 Å². The van der Waals surface area contributed by atoms with Crippen molar-refractivity contribution in [3.8, 4) is 0 Å². The number of aromatic nitrogens is 2. The summed E-state index contributed by atoms with van der Waals surface area (Å²) in [6.45, 7) is 6.38. The van der Waals surface area contributed by atoms with Gasteiger partial charge in [-0.3, -0.25) is 4.90 Å². The minimum Gasteiger partial charge on any atom is -0.384 e. The number of methoxy groups -OCH3 is 1. The molecule has 1 aliphatic rings. The molecule has 0 bridgehead atoms. The van der Waals surface area contributed by atoms with Gasteiger partial charge < -0.3 is 4.74 Å². The van der Waals surface area contributed by atoms with Crippen molar-refractivity contribution >= 4 is 0 Å². The van der Waals surface area contributed by atoms with Gasteiger partial charge in [-0.25, -0.2) is 9.97 Å². The molecule has 1 unspecified atom stereocenters. The van der Waals surface area contributed by atoms with Crippen LogP contribution in [0.1, 0.15) is 24.7 Å². The van der Waals surface area contributed by atoms with Crippen LogP contribution in [0.2, 0.25) is 0 Å². The first kappa shape index (κ1) is 12.5. The second kappa shape index (κ2) is 6.07. The van der Waals surface area contributed by atoms with E-state index in [4.69, 9.17) is 4.74 Å². The molecule has 0 spiro atoms. The second-order valence-corrected chi connectivity index (χ2v) is 4.88. The summed E-state index contributed by atoms with van der Waals surface area (Å²) in [5, 5.41) is 0. The molecular formula is C13H21N3O. The molecule has 0 radical (unpaired) electrons. The van der Waals surface area contributed by atoms with Gasteiger partial charge in [0.25, 0.3) is 0 Å². The molecule has 1 saturated heterocycles. The molecule has 4 heteroatoms. The Morgan fingerprint density at radius 2 is 2.18 bits per heavy atom. The molecule has 0 N–H and O–H groups in total. The van der Waals surface area contributed by atoms with Crippen LogP contribution in [-0.4, -0.2) is 41.7 Å². The van der Waals surface area contributed by atoms with Crippen LogP contribution >= 0.6 is 0 Å². The Balaban J connectivity index is 1.85. The Morgan fingerprint density at radius 3 is 2.76 bits per heavy atom. The molecule has 0 amide bonds. The fraction of sp³-hybridized carbons (Fsp3) is 0.692. The van der Waals surface area contributed by atoms with Gasteiger partial charge in [-0.2, -0.15) is 0 Å². The van der Waals surface area contributed by atoms with Gasteiger partial charge in [0.1, 0.15) is 5.82 Å². The minimum absolute atomic E-state index is 0.684. The quantitative estimate of drug-likeness (QED) is 0.775. The Morgan fingerprint density at radius 1 is 1.41 bits per heavy atom. The van der Waals surface area contributed by atoms with Crippen molar-refractivity contribution in [3.63, 3.8) is 0 Å². The van der Waals surface area contributed by atoms with Crippen LogP contribution in [0.25, 0.3) is 0 Å². The summed E-state index contributed by atoms with van der Waals surface area (Å²) < 4.78 is 5.01. The molecule has 17 heavy (non-hydrogen) atoms. The Hall–Kier alpha value is -1.00. The minimum atomic E-state index is 0.684. The monoisotopic (exact) mass is 235 g/mol. The Kier molecular flexibility index (Phi) is 4.45. The maximum atomic E-state index is 5.01. The number of ether oxygens (including phenoxy) is 1. The van der Waals surface area contributed by atoms with Gasteiger partial charge in [0.05, 0.1) is 6.61 Å². The van der Waals surface area contributed by atoms with Crippen molar-refractivity contribution in [3.05, 3.63) is 23.8 Å². The third-order valence-corrected chi connectivity index (χ3v) is 3.20. The zero-order chi connectivity index (χ0) is 12.1. The van der Waals surface area contributed by atoms with Crippen molar-refractivity contribution in [2.75, 3.05) is 26.8 Å². The van der Waals surface area contributed by atoms with Gasteiger partial charge in [0.2, 0.25) is 0 Å². The second-order valence-electron chi connectivity index (χ2n) is 4.88. The molecule has 1 aliphatic heterocycles. The molecule has 1 aromatic heterocycles. The molecule has 0 aromatic carbocycles. The lowest BCUT2D eigenvalue weighted by atomic mass is 10.2. The number of hydrogen-bond acceptors (Lipinski definition) is 4. The highest BCUT2D eigenvalue weighted by atomic mass is 16.5. The molecular weight excluding hydrogens is 214 g/mol. The van der Waals surface area contributed by atoms with Gasteiger partial charge in [0, 0.05) is 44.6 Å². The van der Waals surface area contributed by atoms with Crippen molar-refractivity contribution < 1.29 is 4.74 Å². The Labute approximate surface area is 103 Å². The normalized spacial score (nSPS) is 20.9. The van der Waals surface area contributed by atoms with Crippen LogP contribution in [0.15, 0.2) is 12.4 Å². The first-order valence-electron chi connectivity index (χ1n) is 6.29. The SMILES string of the molecule is COCCc1ncc(CN2CCC(C)C2)cn1. The van der Waals surface area contributed by atoms with E-state index in [9.17, 15) is 0 Å². The molecule has 0 saturated carbocycles. The van der Waals surface area contributed by atoms with Crippen molar-refractivity contribution in [2.45, 2.75) is 26.3 Å². The summed E-state index contributed by atoms with van der Waals surface area (Å²) in [6.07, 6.45) is 5.99. The van der Waals surface area contributed by atoms with Crippen LogP contribution in [0.4, 0.5) is 0 Å². The van der Waals surface area contributed by atoms with E-state index >= 15 is 0 Å². The van der Waals surface area contributed by atoms with Crippen molar-refractivity contribution in [1.82, 2.24) is 14.9 Å². The lowest BCUT2D eigenvalue weighted by molar-refractivity contribution is 0.200. The smallest absolute Gasteiger partial charge is 0.130 e. The largest absolute Gasteiger partial charge is 0.384 e. The molecule has 1 atom stereocenters. The summed E-state index contributed by atoms with van der Waals surface area (Å²) in [5.41, 5.74) is 1.21. The Bertz CT molecular complexity index is 339. The van der Waals surface area contributed by atoms with E-state index < -0.39 is 0 Å². The first-order chi connectivity index (χ1) is 8.28. The first-order valence-corrected chi connectivity index (χ1v) is 6.29. The van der Waals surface area contributed by atoms with E-state index in [1.807, 2.05) is 12.4 Å². The van der Waals surface area contributed by atoms with Gasteiger partial charge in [-0.15, -0.1) is 0 Å².